The Hall–Kier alpha value is -3.53. The van der Waals surface area contributed by atoms with Crippen LogP contribution in [0.15, 0.2) is 85.1 Å². The van der Waals surface area contributed by atoms with Gasteiger partial charge in [-0.3, -0.25) is 9.59 Å². The van der Waals surface area contributed by atoms with E-state index in [1.807, 2.05) is 21.1 Å². The van der Waals surface area contributed by atoms with E-state index in [1.54, 1.807) is 0 Å². The second-order valence-electron chi connectivity index (χ2n) is 25.1. The van der Waals surface area contributed by atoms with Crippen LogP contribution >= 0.6 is 0 Å². The molecule has 9 heteroatoms. The lowest BCUT2D eigenvalue weighted by Crippen LogP contribution is -2.44. The van der Waals surface area contributed by atoms with E-state index in [0.29, 0.717) is 23.9 Å². The number of carbonyl (C=O) groups is 3. The number of aliphatic carboxylic acids is 1. The smallest absolute Gasteiger partial charge is 0.306 e. The zero-order chi connectivity index (χ0) is 61.9. The highest BCUT2D eigenvalue weighted by Crippen LogP contribution is 2.18. The number of unbranched alkanes of at least 4 members (excludes halogenated alkanes) is 37. The number of quaternary nitrogens is 1. The molecule has 0 aliphatic heterocycles. The van der Waals surface area contributed by atoms with Crippen LogP contribution in [0, 0.1) is 0 Å². The fourth-order valence-electron chi connectivity index (χ4n) is 10.2. The summed E-state index contributed by atoms with van der Waals surface area (Å²) in [4.78, 5) is 37.5. The van der Waals surface area contributed by atoms with E-state index < -0.39 is 24.3 Å². The molecule has 0 aliphatic rings. The van der Waals surface area contributed by atoms with E-state index in [4.69, 9.17) is 18.9 Å². The van der Waals surface area contributed by atoms with Gasteiger partial charge in [-0.05, 0) is 89.9 Å². The summed E-state index contributed by atoms with van der Waals surface area (Å²) in [5.74, 6) is -2.28. The van der Waals surface area contributed by atoms with E-state index in [2.05, 4.69) is 98.9 Å². The first-order valence-electron chi connectivity index (χ1n) is 35.7. The van der Waals surface area contributed by atoms with Gasteiger partial charge >= 0.3 is 11.9 Å². The van der Waals surface area contributed by atoms with Crippen molar-refractivity contribution in [2.24, 2.45) is 0 Å². The third kappa shape index (κ3) is 67.8. The van der Waals surface area contributed by atoms with Crippen LogP contribution in [0.4, 0.5) is 0 Å². The zero-order valence-electron chi connectivity index (χ0n) is 56.2. The summed E-state index contributed by atoms with van der Waals surface area (Å²) < 4.78 is 22.8. The average molecular weight is 1190 g/mol. The zero-order valence-corrected chi connectivity index (χ0v) is 56.2. The van der Waals surface area contributed by atoms with Crippen LogP contribution < -0.4 is 5.11 Å². The van der Waals surface area contributed by atoms with Gasteiger partial charge in [0.05, 0.1) is 40.3 Å². The van der Waals surface area contributed by atoms with Crippen LogP contribution in [0.5, 0.6) is 0 Å². The van der Waals surface area contributed by atoms with E-state index in [0.717, 1.165) is 83.5 Å². The van der Waals surface area contributed by atoms with Gasteiger partial charge in [-0.2, -0.15) is 0 Å². The van der Waals surface area contributed by atoms with Crippen molar-refractivity contribution in [1.82, 2.24) is 0 Å². The molecular weight excluding hydrogens is 1050 g/mol. The molecule has 492 valence electrons. The topological polar surface area (TPSA) is 111 Å². The lowest BCUT2D eigenvalue weighted by atomic mass is 10.0. The number of hydrogen-bond acceptors (Lipinski definition) is 8. The van der Waals surface area contributed by atoms with Gasteiger partial charge in [-0.1, -0.05) is 304 Å². The molecule has 9 nitrogen and oxygen atoms in total. The lowest BCUT2D eigenvalue weighted by molar-refractivity contribution is -0.870. The van der Waals surface area contributed by atoms with Crippen LogP contribution in [-0.4, -0.2) is 82.3 Å². The minimum Gasteiger partial charge on any atom is -0.545 e. The number of esters is 2. The van der Waals surface area contributed by atoms with Crippen molar-refractivity contribution < 1.29 is 42.9 Å². The minimum absolute atomic E-state index is 0.144. The number of rotatable bonds is 66. The van der Waals surface area contributed by atoms with Gasteiger partial charge < -0.3 is 33.3 Å². The van der Waals surface area contributed by atoms with Crippen LogP contribution in [0.3, 0.4) is 0 Å². The minimum atomic E-state index is -1.63. The number of ether oxygens (including phenoxy) is 4. The average Bonchev–Trinajstić information content (AvgIpc) is 3.48. The van der Waals surface area contributed by atoms with E-state index in [1.165, 1.54) is 205 Å². The Bertz CT molecular complexity index is 1670. The highest BCUT2D eigenvalue weighted by molar-refractivity contribution is 5.70. The molecular formula is C76H135NO8. The predicted molar refractivity (Wildman–Crippen MR) is 361 cm³/mol. The maximum absolute atomic E-state index is 12.9. The van der Waals surface area contributed by atoms with Gasteiger partial charge in [0.1, 0.15) is 13.2 Å². The van der Waals surface area contributed by atoms with Crippen LogP contribution in [0.1, 0.15) is 322 Å². The van der Waals surface area contributed by atoms with Gasteiger partial charge in [0, 0.05) is 12.8 Å². The monoisotopic (exact) mass is 1190 g/mol. The van der Waals surface area contributed by atoms with Gasteiger partial charge in [0.25, 0.3) is 0 Å². The second-order valence-corrected chi connectivity index (χ2v) is 25.1. The first kappa shape index (κ1) is 81.5. The number of hydrogen-bond donors (Lipinski definition) is 0. The Morgan fingerprint density at radius 1 is 0.365 bits per heavy atom. The van der Waals surface area contributed by atoms with Crippen molar-refractivity contribution in [3.8, 4) is 0 Å². The molecule has 0 heterocycles. The van der Waals surface area contributed by atoms with Crippen molar-refractivity contribution in [2.45, 2.75) is 334 Å². The molecule has 0 amide bonds. The number of nitrogens with zero attached hydrogens (tertiary/aromatic N) is 1. The first-order chi connectivity index (χ1) is 41.6. The number of allylic oxidation sites excluding steroid dienone is 14. The van der Waals surface area contributed by atoms with Crippen molar-refractivity contribution >= 4 is 17.9 Å². The lowest BCUT2D eigenvalue weighted by Gasteiger charge is -2.26. The molecule has 0 spiro atoms. The molecule has 0 aromatic rings. The highest BCUT2D eigenvalue weighted by Gasteiger charge is 2.22. The Labute approximate surface area is 525 Å². The summed E-state index contributed by atoms with van der Waals surface area (Å²) in [5.41, 5.74) is 0. The Morgan fingerprint density at radius 3 is 1.00 bits per heavy atom. The SMILES string of the molecule is CC/C=C\C/C=C\C/C=C\C/C=C\CCCCCCCCCCC(=O)OC(COC(=O)CCCCCCCCCCCCCCCCCCCCCCCCCC/C=C\C/C=C\C/C=C\CCCCCCC)COC(OCC[N+](C)(C)C)C(=O)[O-]. The van der Waals surface area contributed by atoms with Crippen LogP contribution in [0.25, 0.3) is 0 Å². The quantitative estimate of drug-likeness (QED) is 0.0195. The number of likely N-dealkylation sites (N-methyl/N-ethyl adjacent to an activating group) is 1. The van der Waals surface area contributed by atoms with E-state index >= 15 is 0 Å². The molecule has 0 N–H and O–H groups in total. The van der Waals surface area contributed by atoms with Crippen molar-refractivity contribution in [3.63, 3.8) is 0 Å². The Kier molecular flexibility index (Phi) is 63.7. The largest absolute Gasteiger partial charge is 0.545 e. The summed E-state index contributed by atoms with van der Waals surface area (Å²) >= 11 is 0. The van der Waals surface area contributed by atoms with Crippen LogP contribution in [0.2, 0.25) is 0 Å². The molecule has 0 aromatic carbocycles. The fourth-order valence-corrected chi connectivity index (χ4v) is 10.2. The molecule has 0 radical (unpaired) electrons. The molecule has 0 aliphatic carbocycles. The van der Waals surface area contributed by atoms with Gasteiger partial charge in [-0.25, -0.2) is 0 Å². The third-order valence-electron chi connectivity index (χ3n) is 15.6. The first-order valence-corrected chi connectivity index (χ1v) is 35.7. The molecule has 2 unspecified atom stereocenters. The molecule has 85 heavy (non-hydrogen) atoms. The molecule has 0 saturated carbocycles. The molecule has 0 bridgehead atoms. The fraction of sp³-hybridized carbons (Fsp3) is 0.776. The predicted octanol–water partition coefficient (Wildman–Crippen LogP) is 20.9. The van der Waals surface area contributed by atoms with Gasteiger partial charge in [0.15, 0.2) is 12.4 Å². The van der Waals surface area contributed by atoms with Crippen molar-refractivity contribution in [2.75, 3.05) is 47.5 Å². The summed E-state index contributed by atoms with van der Waals surface area (Å²) in [7, 11) is 5.93. The molecule has 0 aromatic heterocycles. The van der Waals surface area contributed by atoms with E-state index in [9.17, 15) is 19.5 Å². The summed E-state index contributed by atoms with van der Waals surface area (Å²) in [6.07, 6.45) is 86.8. The van der Waals surface area contributed by atoms with E-state index in [-0.39, 0.29) is 32.2 Å². The maximum Gasteiger partial charge on any atom is 0.306 e. The molecule has 0 fully saturated rings. The van der Waals surface area contributed by atoms with Crippen LogP contribution in [-0.2, 0) is 33.3 Å². The molecule has 2 atom stereocenters. The third-order valence-corrected chi connectivity index (χ3v) is 15.6. The van der Waals surface area contributed by atoms with Crippen molar-refractivity contribution in [3.05, 3.63) is 85.1 Å². The maximum atomic E-state index is 12.9. The summed E-state index contributed by atoms with van der Waals surface area (Å²) in [6, 6.07) is 0. The number of carbonyl (C=O) groups excluding carboxylic acids is 3. The van der Waals surface area contributed by atoms with Gasteiger partial charge in [-0.15, -0.1) is 0 Å². The number of carboxylic acid groups (broad SMARTS) is 1. The Balaban J connectivity index is 4.00. The molecule has 0 rings (SSSR count). The Morgan fingerprint density at radius 2 is 0.671 bits per heavy atom. The highest BCUT2D eigenvalue weighted by atomic mass is 16.7. The normalized spacial score (nSPS) is 13.2. The van der Waals surface area contributed by atoms with Gasteiger partial charge in [0.2, 0.25) is 0 Å². The summed E-state index contributed by atoms with van der Waals surface area (Å²) in [6.45, 7) is 4.64. The standard InChI is InChI=1S/C76H135NO8/c1-6-8-10-12-14-16-18-20-22-24-26-28-29-30-31-32-33-34-35-36-37-38-39-40-41-42-43-44-45-47-48-50-52-54-56-58-60-62-64-66-73(78)83-70-72(71-84-76(75(80)81)82-69-68-77(3,4)5)85-74(79)67-65-63-61-59-57-55-53-51-49-46-27-25-23-21-19-17-15-13-11-9-7-2/h9,11,15,17-18,20-21,23-24,26-27,29-30,46,72,76H,6-8,10,12-14,16,19,22,25,28,31-45,47-71H2,1-5H3/b11-9-,17-15-,20-18-,23-21-,26-24-,30-29-,46-27-. The summed E-state index contributed by atoms with van der Waals surface area (Å²) in [5, 5.41) is 11.8. The molecule has 0 saturated heterocycles. The number of carboxylic acids is 1. The van der Waals surface area contributed by atoms with Crippen molar-refractivity contribution in [1.29, 1.82) is 0 Å². The second kappa shape index (κ2) is 66.4.